The van der Waals surface area contributed by atoms with E-state index >= 15 is 0 Å². The molecule has 0 saturated carbocycles. The largest absolute Gasteiger partial charge is 0.469 e. The number of esters is 1. The second-order valence-corrected chi connectivity index (χ2v) is 2.70. The Morgan fingerprint density at radius 1 is 1.85 bits per heavy atom. The molecule has 6 heteroatoms. The molecule has 0 unspecified atom stereocenters. The molecule has 13 heavy (non-hydrogen) atoms. The zero-order chi connectivity index (χ0) is 9.84. The van der Waals surface area contributed by atoms with E-state index in [0.717, 1.165) is 0 Å². The lowest BCUT2D eigenvalue weighted by Crippen LogP contribution is -2.16. The average Bonchev–Trinajstić information content (AvgIpc) is 2.51. The van der Waals surface area contributed by atoms with Crippen molar-refractivity contribution >= 4 is 5.97 Å². The van der Waals surface area contributed by atoms with Gasteiger partial charge in [-0.15, -0.1) is 5.10 Å². The second-order valence-electron chi connectivity index (χ2n) is 2.70. The molecule has 1 aromatic heterocycles. The highest BCUT2D eigenvalue weighted by atomic mass is 16.5. The van der Waals surface area contributed by atoms with Crippen LogP contribution in [0.3, 0.4) is 0 Å². The third kappa shape index (κ3) is 2.51. The fraction of sp³-hybridized carbons (Fsp3) is 0.571. The van der Waals surface area contributed by atoms with Gasteiger partial charge >= 0.3 is 5.97 Å². The lowest BCUT2D eigenvalue weighted by Gasteiger charge is -2.04. The van der Waals surface area contributed by atoms with Crippen molar-refractivity contribution in [1.29, 1.82) is 0 Å². The number of nitrogens with zero attached hydrogens (tertiary/aromatic N) is 3. The number of aryl methyl sites for hydroxylation is 1. The van der Waals surface area contributed by atoms with Crippen LogP contribution in [-0.2, 0) is 16.6 Å². The second kappa shape index (κ2) is 3.99. The third-order valence-electron chi connectivity index (χ3n) is 1.61. The minimum atomic E-state index is -0.443. The number of hydrogen-bond acceptors (Lipinski definition) is 5. The number of carbonyl (C=O) groups excluding carboxylic acids is 1. The van der Waals surface area contributed by atoms with E-state index in [1.54, 1.807) is 13.2 Å². The molecule has 0 aliphatic heterocycles. The van der Waals surface area contributed by atoms with Gasteiger partial charge in [-0.25, -0.2) is 0 Å². The quantitative estimate of drug-likeness (QED) is 0.633. The predicted molar refractivity (Wildman–Crippen MR) is 44.6 cm³/mol. The number of ether oxygens (including phenoxy) is 1. The SMILES string of the molecule is COC(=O)C[C@@H](N)c1cn(C)nn1. The summed E-state index contributed by atoms with van der Waals surface area (Å²) in [4.78, 5) is 10.8. The molecule has 1 atom stereocenters. The summed E-state index contributed by atoms with van der Waals surface area (Å²) in [7, 11) is 3.06. The topological polar surface area (TPSA) is 83.0 Å². The molecule has 72 valence electrons. The molecule has 0 radical (unpaired) electrons. The Balaban J connectivity index is 2.58. The van der Waals surface area contributed by atoms with Crippen molar-refractivity contribution in [3.05, 3.63) is 11.9 Å². The zero-order valence-electron chi connectivity index (χ0n) is 7.60. The van der Waals surface area contributed by atoms with E-state index in [0.29, 0.717) is 5.69 Å². The first kappa shape index (κ1) is 9.66. The van der Waals surface area contributed by atoms with Gasteiger partial charge in [0.05, 0.1) is 25.3 Å². The van der Waals surface area contributed by atoms with E-state index in [1.807, 2.05) is 0 Å². The van der Waals surface area contributed by atoms with Gasteiger partial charge in [0.2, 0.25) is 0 Å². The van der Waals surface area contributed by atoms with E-state index in [9.17, 15) is 4.79 Å². The minimum Gasteiger partial charge on any atom is -0.469 e. The maximum absolute atomic E-state index is 10.8. The minimum absolute atomic E-state index is 0.120. The maximum Gasteiger partial charge on any atom is 0.307 e. The van der Waals surface area contributed by atoms with Crippen molar-refractivity contribution < 1.29 is 9.53 Å². The number of methoxy groups -OCH3 is 1. The summed E-state index contributed by atoms with van der Waals surface area (Å²) in [5.74, 6) is -0.349. The summed E-state index contributed by atoms with van der Waals surface area (Å²) >= 11 is 0. The van der Waals surface area contributed by atoms with Gasteiger partial charge in [-0.3, -0.25) is 9.48 Å². The molecule has 0 aliphatic carbocycles. The molecule has 6 nitrogen and oxygen atoms in total. The van der Waals surface area contributed by atoms with Crippen LogP contribution in [-0.4, -0.2) is 28.1 Å². The van der Waals surface area contributed by atoms with E-state index in [4.69, 9.17) is 5.73 Å². The van der Waals surface area contributed by atoms with Crippen molar-refractivity contribution in [1.82, 2.24) is 15.0 Å². The Bertz CT molecular complexity index is 296. The van der Waals surface area contributed by atoms with Gasteiger partial charge in [-0.2, -0.15) is 0 Å². The molecule has 0 aromatic carbocycles. The van der Waals surface area contributed by atoms with Gasteiger partial charge in [0.15, 0.2) is 0 Å². The molecule has 0 spiro atoms. The smallest absolute Gasteiger partial charge is 0.307 e. The first-order valence-corrected chi connectivity index (χ1v) is 3.82. The predicted octanol–water partition coefficient (Wildman–Crippen LogP) is -0.622. The molecule has 1 aromatic rings. The molecule has 0 saturated heterocycles. The first-order chi connectivity index (χ1) is 6.13. The van der Waals surface area contributed by atoms with Crippen LogP contribution in [0.5, 0.6) is 0 Å². The Labute approximate surface area is 75.7 Å². The van der Waals surface area contributed by atoms with Crippen LogP contribution in [0.25, 0.3) is 0 Å². The normalized spacial score (nSPS) is 12.5. The molecule has 0 amide bonds. The summed E-state index contributed by atoms with van der Waals surface area (Å²) in [6.45, 7) is 0. The van der Waals surface area contributed by atoms with Crippen molar-refractivity contribution in [3.63, 3.8) is 0 Å². The van der Waals surface area contributed by atoms with Crippen LogP contribution >= 0.6 is 0 Å². The molecule has 0 bridgehead atoms. The molecule has 0 fully saturated rings. The molecule has 1 heterocycles. The summed E-state index contributed by atoms with van der Waals surface area (Å²) in [5, 5.41) is 7.49. The van der Waals surface area contributed by atoms with Crippen molar-refractivity contribution in [2.45, 2.75) is 12.5 Å². The highest BCUT2D eigenvalue weighted by Gasteiger charge is 2.14. The van der Waals surface area contributed by atoms with Gasteiger partial charge in [-0.1, -0.05) is 5.21 Å². The number of carbonyl (C=O) groups is 1. The van der Waals surface area contributed by atoms with Crippen LogP contribution in [0.15, 0.2) is 6.20 Å². The Hall–Kier alpha value is -1.43. The van der Waals surface area contributed by atoms with Crippen LogP contribution < -0.4 is 5.73 Å². The monoisotopic (exact) mass is 184 g/mol. The Morgan fingerprint density at radius 2 is 2.54 bits per heavy atom. The van der Waals surface area contributed by atoms with Gasteiger partial charge in [0.25, 0.3) is 0 Å². The van der Waals surface area contributed by atoms with E-state index in [1.165, 1.54) is 11.8 Å². The zero-order valence-corrected chi connectivity index (χ0v) is 7.60. The first-order valence-electron chi connectivity index (χ1n) is 3.82. The van der Waals surface area contributed by atoms with Crippen LogP contribution in [0, 0.1) is 0 Å². The fourth-order valence-corrected chi connectivity index (χ4v) is 0.903. The van der Waals surface area contributed by atoms with E-state index in [2.05, 4.69) is 15.0 Å². The molecule has 2 N–H and O–H groups in total. The van der Waals surface area contributed by atoms with Crippen molar-refractivity contribution in [2.75, 3.05) is 7.11 Å². The van der Waals surface area contributed by atoms with Gasteiger partial charge in [0, 0.05) is 13.2 Å². The van der Waals surface area contributed by atoms with E-state index < -0.39 is 6.04 Å². The Morgan fingerprint density at radius 3 is 3.00 bits per heavy atom. The van der Waals surface area contributed by atoms with Gasteiger partial charge in [0.1, 0.15) is 0 Å². The number of aromatic nitrogens is 3. The highest BCUT2D eigenvalue weighted by molar-refractivity contribution is 5.70. The van der Waals surface area contributed by atoms with Gasteiger partial charge in [-0.05, 0) is 0 Å². The third-order valence-corrected chi connectivity index (χ3v) is 1.61. The molecular formula is C7H12N4O2. The lowest BCUT2D eigenvalue weighted by atomic mass is 10.2. The van der Waals surface area contributed by atoms with Crippen LogP contribution in [0.2, 0.25) is 0 Å². The fourth-order valence-electron chi connectivity index (χ4n) is 0.903. The highest BCUT2D eigenvalue weighted by Crippen LogP contribution is 2.09. The maximum atomic E-state index is 10.8. The van der Waals surface area contributed by atoms with Crippen molar-refractivity contribution in [3.8, 4) is 0 Å². The molecule has 0 aliphatic rings. The average molecular weight is 184 g/mol. The summed E-state index contributed by atoms with van der Waals surface area (Å²) in [5.41, 5.74) is 6.26. The standard InChI is InChI=1S/C7H12N4O2/c1-11-4-6(9-10-11)5(8)3-7(12)13-2/h4-5H,3,8H2,1-2H3/t5-/m1/s1. The van der Waals surface area contributed by atoms with Crippen molar-refractivity contribution in [2.24, 2.45) is 12.8 Å². The summed E-state index contributed by atoms with van der Waals surface area (Å²) in [6, 6.07) is -0.443. The van der Waals surface area contributed by atoms with Crippen LogP contribution in [0.4, 0.5) is 0 Å². The lowest BCUT2D eigenvalue weighted by molar-refractivity contribution is -0.141. The van der Waals surface area contributed by atoms with Crippen LogP contribution in [0.1, 0.15) is 18.2 Å². The van der Waals surface area contributed by atoms with E-state index in [-0.39, 0.29) is 12.4 Å². The Kier molecular flexibility index (Phi) is 2.97. The summed E-state index contributed by atoms with van der Waals surface area (Å²) in [6.07, 6.45) is 1.79. The molecule has 1 rings (SSSR count). The number of hydrogen-bond donors (Lipinski definition) is 1. The number of rotatable bonds is 3. The number of nitrogens with two attached hydrogens (primary N) is 1. The summed E-state index contributed by atoms with van der Waals surface area (Å²) < 4.78 is 6.01. The molecular weight excluding hydrogens is 172 g/mol. The van der Waals surface area contributed by atoms with Gasteiger partial charge < -0.3 is 10.5 Å².